The molecule has 0 aliphatic carbocycles. The van der Waals surface area contributed by atoms with Crippen molar-refractivity contribution in [2.45, 2.75) is 26.4 Å². The summed E-state index contributed by atoms with van der Waals surface area (Å²) in [6.07, 6.45) is 3.19. The SMILES string of the molecule is CCCc1nc2ccc(Br)cc2c(=O)n1N=Cc1ccc(OCc2ccccc2Cl)c(I)c1. The third-order valence-corrected chi connectivity index (χ3v) is 6.67. The van der Waals surface area contributed by atoms with Crippen molar-refractivity contribution in [3.8, 4) is 5.75 Å². The van der Waals surface area contributed by atoms with Crippen molar-refractivity contribution < 1.29 is 4.74 Å². The minimum Gasteiger partial charge on any atom is -0.488 e. The Morgan fingerprint density at radius 1 is 1.18 bits per heavy atom. The molecule has 0 unspecified atom stereocenters. The molecule has 0 spiro atoms. The average Bonchev–Trinajstić information content (AvgIpc) is 2.80. The summed E-state index contributed by atoms with van der Waals surface area (Å²) in [5, 5.41) is 5.70. The molecule has 1 aromatic heterocycles. The molecule has 0 aliphatic rings. The van der Waals surface area contributed by atoms with Gasteiger partial charge in [0.15, 0.2) is 0 Å². The Balaban J connectivity index is 1.60. The van der Waals surface area contributed by atoms with Crippen LogP contribution in [0.5, 0.6) is 5.75 Å². The topological polar surface area (TPSA) is 56.5 Å². The van der Waals surface area contributed by atoms with Crippen molar-refractivity contribution in [1.82, 2.24) is 9.66 Å². The van der Waals surface area contributed by atoms with Gasteiger partial charge < -0.3 is 4.74 Å². The van der Waals surface area contributed by atoms with Crippen molar-refractivity contribution in [3.63, 3.8) is 0 Å². The van der Waals surface area contributed by atoms with Crippen LogP contribution in [0.25, 0.3) is 10.9 Å². The predicted molar refractivity (Wildman–Crippen MR) is 146 cm³/mol. The van der Waals surface area contributed by atoms with E-state index in [9.17, 15) is 4.79 Å². The van der Waals surface area contributed by atoms with E-state index in [1.165, 1.54) is 4.68 Å². The van der Waals surface area contributed by atoms with Gasteiger partial charge in [0.1, 0.15) is 18.2 Å². The molecule has 4 aromatic rings. The number of hydrogen-bond acceptors (Lipinski definition) is 4. The second kappa shape index (κ2) is 10.8. The van der Waals surface area contributed by atoms with E-state index >= 15 is 0 Å². The molecule has 3 aromatic carbocycles. The zero-order valence-corrected chi connectivity index (χ0v) is 22.3. The second-order valence-electron chi connectivity index (χ2n) is 7.37. The van der Waals surface area contributed by atoms with Crippen LogP contribution in [0.15, 0.2) is 75.0 Å². The fourth-order valence-corrected chi connectivity index (χ4v) is 4.56. The summed E-state index contributed by atoms with van der Waals surface area (Å²) in [7, 11) is 0. The minimum atomic E-state index is -0.185. The highest BCUT2D eigenvalue weighted by Crippen LogP contribution is 2.24. The van der Waals surface area contributed by atoms with Gasteiger partial charge in [-0.25, -0.2) is 4.98 Å². The number of aromatic nitrogens is 2. The normalized spacial score (nSPS) is 11.4. The molecular weight excluding hydrogens is 617 g/mol. The first-order chi connectivity index (χ1) is 16.0. The summed E-state index contributed by atoms with van der Waals surface area (Å²) in [5.74, 6) is 1.40. The first kappa shape index (κ1) is 23.9. The molecule has 0 fully saturated rings. The second-order valence-corrected chi connectivity index (χ2v) is 9.86. The Kier molecular flexibility index (Phi) is 7.82. The molecule has 1 heterocycles. The highest BCUT2D eigenvalue weighted by atomic mass is 127. The smallest absolute Gasteiger partial charge is 0.282 e. The van der Waals surface area contributed by atoms with Gasteiger partial charge in [-0.15, -0.1) is 0 Å². The Labute approximate surface area is 218 Å². The number of nitrogens with zero attached hydrogens (tertiary/aromatic N) is 3. The predicted octanol–water partition coefficient (Wildman–Crippen LogP) is 6.83. The maximum atomic E-state index is 13.1. The van der Waals surface area contributed by atoms with Crippen molar-refractivity contribution in [3.05, 3.63) is 101 Å². The van der Waals surface area contributed by atoms with Gasteiger partial charge in [0.2, 0.25) is 0 Å². The van der Waals surface area contributed by atoms with E-state index in [0.29, 0.717) is 34.8 Å². The summed E-state index contributed by atoms with van der Waals surface area (Å²) in [6.45, 7) is 2.44. The molecular formula is C25H20BrClIN3O2. The van der Waals surface area contributed by atoms with E-state index in [0.717, 1.165) is 31.3 Å². The molecule has 33 heavy (non-hydrogen) atoms. The molecule has 168 valence electrons. The van der Waals surface area contributed by atoms with Gasteiger partial charge in [-0.3, -0.25) is 4.79 Å². The van der Waals surface area contributed by atoms with E-state index in [2.05, 4.69) is 55.5 Å². The largest absolute Gasteiger partial charge is 0.488 e. The number of aryl methyl sites for hydroxylation is 1. The lowest BCUT2D eigenvalue weighted by molar-refractivity contribution is 0.304. The van der Waals surface area contributed by atoms with E-state index in [1.54, 1.807) is 12.3 Å². The van der Waals surface area contributed by atoms with Crippen LogP contribution in [-0.2, 0) is 13.0 Å². The van der Waals surface area contributed by atoms with Crippen LogP contribution < -0.4 is 10.3 Å². The van der Waals surface area contributed by atoms with Crippen LogP contribution in [0.1, 0.15) is 30.3 Å². The van der Waals surface area contributed by atoms with Crippen molar-refractivity contribution in [2.24, 2.45) is 5.10 Å². The standard InChI is InChI=1S/C25H20BrClIN3O2/c1-2-5-24-30-22-10-9-18(26)13-19(22)25(32)31(24)29-14-16-8-11-23(21(28)12-16)33-15-17-6-3-4-7-20(17)27/h3-4,6-14H,2,5,15H2,1H3. The van der Waals surface area contributed by atoms with Crippen LogP contribution in [0.3, 0.4) is 0 Å². The highest BCUT2D eigenvalue weighted by molar-refractivity contribution is 14.1. The maximum Gasteiger partial charge on any atom is 0.282 e. The molecule has 0 N–H and O–H groups in total. The fraction of sp³-hybridized carbons (Fsp3) is 0.160. The first-order valence-corrected chi connectivity index (χ1v) is 12.6. The van der Waals surface area contributed by atoms with Crippen LogP contribution in [0.2, 0.25) is 5.02 Å². The molecule has 0 bridgehead atoms. The number of hydrogen-bond donors (Lipinski definition) is 0. The van der Waals surface area contributed by atoms with Gasteiger partial charge in [0.25, 0.3) is 5.56 Å². The van der Waals surface area contributed by atoms with Crippen molar-refractivity contribution in [2.75, 3.05) is 0 Å². The fourth-order valence-electron chi connectivity index (χ4n) is 3.31. The monoisotopic (exact) mass is 635 g/mol. The lowest BCUT2D eigenvalue weighted by Gasteiger charge is -2.10. The van der Waals surface area contributed by atoms with Crippen LogP contribution in [-0.4, -0.2) is 15.9 Å². The first-order valence-electron chi connectivity index (χ1n) is 10.4. The Hall–Kier alpha value is -2.23. The molecule has 5 nitrogen and oxygen atoms in total. The van der Waals surface area contributed by atoms with Crippen LogP contribution in [0, 0.1) is 3.57 Å². The summed E-state index contributed by atoms with van der Waals surface area (Å²) >= 11 is 11.9. The molecule has 4 rings (SSSR count). The van der Waals surface area contributed by atoms with Crippen LogP contribution >= 0.6 is 50.1 Å². The molecule has 0 radical (unpaired) electrons. The van der Waals surface area contributed by atoms with Gasteiger partial charge in [-0.2, -0.15) is 9.78 Å². The van der Waals surface area contributed by atoms with Crippen molar-refractivity contribution >= 4 is 67.2 Å². The van der Waals surface area contributed by atoms with Crippen molar-refractivity contribution in [1.29, 1.82) is 0 Å². The lowest BCUT2D eigenvalue weighted by atomic mass is 10.2. The quantitative estimate of drug-likeness (QED) is 0.165. The van der Waals surface area contributed by atoms with Gasteiger partial charge in [0.05, 0.1) is 20.7 Å². The zero-order chi connectivity index (χ0) is 23.4. The van der Waals surface area contributed by atoms with E-state index in [4.69, 9.17) is 16.3 Å². The molecule has 0 atom stereocenters. The van der Waals surface area contributed by atoms with Gasteiger partial charge in [0, 0.05) is 21.5 Å². The highest BCUT2D eigenvalue weighted by Gasteiger charge is 2.11. The Morgan fingerprint density at radius 2 is 2.00 bits per heavy atom. The third kappa shape index (κ3) is 5.65. The number of ether oxygens (including phenoxy) is 1. The summed E-state index contributed by atoms with van der Waals surface area (Å²) in [6, 6.07) is 18.9. The van der Waals surface area contributed by atoms with E-state index in [-0.39, 0.29) is 5.56 Å². The Bertz CT molecular complexity index is 1400. The molecule has 0 amide bonds. The molecule has 0 saturated carbocycles. The average molecular weight is 637 g/mol. The Morgan fingerprint density at radius 3 is 2.76 bits per heavy atom. The maximum absolute atomic E-state index is 13.1. The summed E-state index contributed by atoms with van der Waals surface area (Å²) < 4.78 is 9.10. The van der Waals surface area contributed by atoms with E-state index < -0.39 is 0 Å². The number of fused-ring (bicyclic) bond motifs is 1. The number of halogens is 3. The third-order valence-electron chi connectivity index (χ3n) is 4.97. The zero-order valence-electron chi connectivity index (χ0n) is 17.8. The molecule has 0 aliphatic heterocycles. The number of benzene rings is 3. The minimum absolute atomic E-state index is 0.185. The lowest BCUT2D eigenvalue weighted by Crippen LogP contribution is -2.22. The summed E-state index contributed by atoms with van der Waals surface area (Å²) in [4.78, 5) is 17.8. The van der Waals surface area contributed by atoms with Gasteiger partial charge >= 0.3 is 0 Å². The van der Waals surface area contributed by atoms with Gasteiger partial charge in [-0.05, 0) is 77.0 Å². The van der Waals surface area contributed by atoms with Crippen LogP contribution in [0.4, 0.5) is 0 Å². The summed E-state index contributed by atoms with van der Waals surface area (Å²) in [5.41, 5.74) is 2.27. The molecule has 0 saturated heterocycles. The number of rotatable bonds is 7. The molecule has 8 heteroatoms. The van der Waals surface area contributed by atoms with E-state index in [1.807, 2.05) is 54.6 Å². The van der Waals surface area contributed by atoms with Gasteiger partial charge in [-0.1, -0.05) is 52.7 Å².